The molecule has 0 saturated heterocycles. The minimum Gasteiger partial charge on any atom is -0.402 e. The minimum absolute atomic E-state index is 0.0442. The van der Waals surface area contributed by atoms with E-state index in [0.29, 0.717) is 0 Å². The summed E-state index contributed by atoms with van der Waals surface area (Å²) in [6.45, 7) is 2.08. The second-order valence-electron chi connectivity index (χ2n) is 7.69. The van der Waals surface area contributed by atoms with E-state index in [0.717, 1.165) is 13.8 Å². The van der Waals surface area contributed by atoms with Gasteiger partial charge in [0, 0.05) is 24.2 Å². The Morgan fingerprint density at radius 1 is 0.654 bits per heavy atom. The molecular formula is C18H22F6N2. The second-order valence-corrected chi connectivity index (χ2v) is 7.69. The molecule has 0 heterocycles. The van der Waals surface area contributed by atoms with Crippen LogP contribution in [0.4, 0.5) is 26.3 Å². The van der Waals surface area contributed by atoms with E-state index in [9.17, 15) is 26.3 Å². The van der Waals surface area contributed by atoms with Crippen LogP contribution in [-0.2, 0) is 0 Å². The molecule has 26 heavy (non-hydrogen) atoms. The zero-order valence-corrected chi connectivity index (χ0v) is 14.6. The smallest absolute Gasteiger partial charge is 0.394 e. The summed E-state index contributed by atoms with van der Waals surface area (Å²) in [7, 11) is 0. The molecule has 0 aromatic rings. The summed E-state index contributed by atoms with van der Waals surface area (Å²) in [5.74, 6) is 0. The topological polar surface area (TPSA) is 52.0 Å². The van der Waals surface area contributed by atoms with E-state index in [1.165, 1.54) is 24.3 Å². The van der Waals surface area contributed by atoms with Crippen LogP contribution in [-0.4, -0.2) is 12.4 Å². The lowest BCUT2D eigenvalue weighted by Crippen LogP contribution is -2.38. The first kappa shape index (κ1) is 20.5. The maximum Gasteiger partial charge on any atom is 0.394 e. The molecule has 8 heteroatoms. The molecule has 0 spiro atoms. The number of allylic oxidation sites excluding steroid dienone is 8. The molecule has 4 N–H and O–H groups in total. The Bertz CT molecular complexity index is 635. The van der Waals surface area contributed by atoms with Crippen LogP contribution in [0.1, 0.15) is 39.5 Å². The van der Waals surface area contributed by atoms with Crippen LogP contribution in [0.3, 0.4) is 0 Å². The maximum atomic E-state index is 13.6. The highest BCUT2D eigenvalue weighted by molar-refractivity contribution is 5.42. The Balaban J connectivity index is 2.48. The van der Waals surface area contributed by atoms with Gasteiger partial charge in [-0.2, -0.15) is 26.3 Å². The summed E-state index contributed by atoms with van der Waals surface area (Å²) < 4.78 is 81.4. The predicted octanol–water partition coefficient (Wildman–Crippen LogP) is 5.25. The Morgan fingerprint density at radius 2 is 0.962 bits per heavy atom. The molecule has 0 radical (unpaired) electrons. The maximum absolute atomic E-state index is 13.6. The van der Waals surface area contributed by atoms with Crippen LogP contribution in [0.15, 0.2) is 46.8 Å². The highest BCUT2D eigenvalue weighted by atomic mass is 19.4. The van der Waals surface area contributed by atoms with E-state index in [1.54, 1.807) is 0 Å². The highest BCUT2D eigenvalue weighted by Gasteiger charge is 2.54. The average Bonchev–Trinajstić information content (AvgIpc) is 2.70. The standard InChI is InChI=1S/C18H22F6N2/c1-15(17(19,20)21)7-11(3-5-13(25)9-15)12-4-6-14(26)10-16(2,8-12)18(22,23)24/h3-6H,7-10,25-26H2,1-2H3. The summed E-state index contributed by atoms with van der Waals surface area (Å²) in [4.78, 5) is 0. The number of nitrogens with two attached hydrogens (primary N) is 2. The molecule has 2 nitrogen and oxygen atoms in total. The van der Waals surface area contributed by atoms with E-state index in [4.69, 9.17) is 11.5 Å². The molecule has 2 atom stereocenters. The third kappa shape index (κ3) is 3.94. The van der Waals surface area contributed by atoms with Gasteiger partial charge in [0.2, 0.25) is 0 Å². The predicted molar refractivity (Wildman–Crippen MR) is 87.5 cm³/mol. The molecule has 0 saturated carbocycles. The Hall–Kier alpha value is -1.86. The molecule has 2 aliphatic carbocycles. The van der Waals surface area contributed by atoms with Crippen molar-refractivity contribution in [3.05, 3.63) is 46.8 Å². The van der Waals surface area contributed by atoms with Crippen molar-refractivity contribution in [2.75, 3.05) is 0 Å². The van der Waals surface area contributed by atoms with Crippen molar-refractivity contribution >= 4 is 0 Å². The van der Waals surface area contributed by atoms with Gasteiger partial charge in [-0.3, -0.25) is 0 Å². The first-order chi connectivity index (χ1) is 11.7. The number of halogens is 6. The van der Waals surface area contributed by atoms with Gasteiger partial charge in [0.05, 0.1) is 10.8 Å². The van der Waals surface area contributed by atoms with Gasteiger partial charge in [-0.1, -0.05) is 26.0 Å². The minimum atomic E-state index is -4.54. The monoisotopic (exact) mass is 380 g/mol. The van der Waals surface area contributed by atoms with Gasteiger partial charge in [-0.25, -0.2) is 0 Å². The van der Waals surface area contributed by atoms with Crippen molar-refractivity contribution in [1.29, 1.82) is 0 Å². The summed E-state index contributed by atoms with van der Waals surface area (Å²) in [6.07, 6.45) is -5.30. The normalized spacial score (nSPS) is 31.2. The van der Waals surface area contributed by atoms with Crippen LogP contribution in [0.5, 0.6) is 0 Å². The zero-order valence-electron chi connectivity index (χ0n) is 14.6. The Kier molecular flexibility index (Phi) is 5.02. The number of rotatable bonds is 1. The molecule has 2 unspecified atom stereocenters. The van der Waals surface area contributed by atoms with Crippen molar-refractivity contribution < 1.29 is 26.3 Å². The van der Waals surface area contributed by atoms with Crippen LogP contribution < -0.4 is 11.5 Å². The van der Waals surface area contributed by atoms with Crippen molar-refractivity contribution in [1.82, 2.24) is 0 Å². The fraction of sp³-hybridized carbons (Fsp3) is 0.556. The molecule has 0 aromatic carbocycles. The van der Waals surface area contributed by atoms with E-state index in [1.807, 2.05) is 0 Å². The summed E-state index contributed by atoms with van der Waals surface area (Å²) in [6, 6.07) is 0. The van der Waals surface area contributed by atoms with Crippen molar-refractivity contribution in [2.24, 2.45) is 22.3 Å². The van der Waals surface area contributed by atoms with Gasteiger partial charge in [0.25, 0.3) is 0 Å². The molecule has 0 aliphatic heterocycles. The third-order valence-corrected chi connectivity index (χ3v) is 5.13. The van der Waals surface area contributed by atoms with E-state index in [2.05, 4.69) is 0 Å². The van der Waals surface area contributed by atoms with Gasteiger partial charge in [-0.05, 0) is 36.1 Å². The molecule has 0 amide bonds. The molecule has 146 valence electrons. The van der Waals surface area contributed by atoms with Crippen molar-refractivity contribution in [3.8, 4) is 0 Å². The SMILES string of the molecule is CC1(C(F)(F)F)CC(N)=CC=C(C2=CC=C(N)CC(C)(C(F)(F)F)C2)C1. The Labute approximate surface area is 148 Å². The number of alkyl halides is 6. The van der Waals surface area contributed by atoms with Crippen LogP contribution in [0.25, 0.3) is 0 Å². The van der Waals surface area contributed by atoms with Gasteiger partial charge in [0.1, 0.15) is 0 Å². The van der Waals surface area contributed by atoms with Crippen LogP contribution in [0, 0.1) is 10.8 Å². The van der Waals surface area contributed by atoms with E-state index >= 15 is 0 Å². The highest BCUT2D eigenvalue weighted by Crippen LogP contribution is 2.52. The fourth-order valence-electron chi connectivity index (χ4n) is 3.36. The third-order valence-electron chi connectivity index (χ3n) is 5.13. The molecule has 2 rings (SSSR count). The number of hydrogen-bond acceptors (Lipinski definition) is 2. The zero-order chi connectivity index (χ0) is 20.0. The van der Waals surface area contributed by atoms with Gasteiger partial charge in [0.15, 0.2) is 0 Å². The van der Waals surface area contributed by atoms with Crippen molar-refractivity contribution in [2.45, 2.75) is 51.9 Å². The number of hydrogen-bond donors (Lipinski definition) is 2. The first-order valence-corrected chi connectivity index (χ1v) is 8.11. The van der Waals surface area contributed by atoms with Gasteiger partial charge in [-0.15, -0.1) is 0 Å². The lowest BCUT2D eigenvalue weighted by Gasteiger charge is -2.35. The lowest BCUT2D eigenvalue weighted by atomic mass is 9.74. The van der Waals surface area contributed by atoms with E-state index < -0.39 is 48.9 Å². The fourth-order valence-corrected chi connectivity index (χ4v) is 3.36. The van der Waals surface area contributed by atoms with Crippen molar-refractivity contribution in [3.63, 3.8) is 0 Å². The molecular weight excluding hydrogens is 358 g/mol. The quantitative estimate of drug-likeness (QED) is 0.611. The van der Waals surface area contributed by atoms with Gasteiger partial charge < -0.3 is 11.5 Å². The van der Waals surface area contributed by atoms with E-state index in [-0.39, 0.29) is 22.5 Å². The first-order valence-electron chi connectivity index (χ1n) is 8.11. The lowest BCUT2D eigenvalue weighted by molar-refractivity contribution is -0.219. The molecule has 0 bridgehead atoms. The molecule has 0 fully saturated rings. The van der Waals surface area contributed by atoms with Gasteiger partial charge >= 0.3 is 12.4 Å². The van der Waals surface area contributed by atoms with Crippen LogP contribution >= 0.6 is 0 Å². The molecule has 2 aliphatic rings. The summed E-state index contributed by atoms with van der Waals surface area (Å²) in [5.41, 5.74) is 7.52. The second kappa shape index (κ2) is 6.39. The molecule has 0 aromatic heterocycles. The Morgan fingerprint density at radius 3 is 1.23 bits per heavy atom. The summed E-state index contributed by atoms with van der Waals surface area (Å²) >= 11 is 0. The van der Waals surface area contributed by atoms with Crippen LogP contribution in [0.2, 0.25) is 0 Å². The largest absolute Gasteiger partial charge is 0.402 e. The average molecular weight is 380 g/mol. The summed E-state index contributed by atoms with van der Waals surface area (Å²) in [5, 5.41) is 0.